The van der Waals surface area contributed by atoms with Crippen molar-refractivity contribution in [2.45, 2.75) is 11.5 Å². The van der Waals surface area contributed by atoms with Gasteiger partial charge in [-0.05, 0) is 29.3 Å². The Balaban J connectivity index is 2.23. The van der Waals surface area contributed by atoms with Crippen LogP contribution in [-0.4, -0.2) is 31.0 Å². The summed E-state index contributed by atoms with van der Waals surface area (Å²) in [5.41, 5.74) is 2.26. The quantitative estimate of drug-likeness (QED) is 0.852. The summed E-state index contributed by atoms with van der Waals surface area (Å²) in [5.74, 6) is -0.0935. The minimum absolute atomic E-state index is 0.141. The average Bonchev–Trinajstić information content (AvgIpc) is 2.47. The molecule has 7 heteroatoms. The molecule has 0 radical (unpaired) electrons. The number of anilines is 1. The summed E-state index contributed by atoms with van der Waals surface area (Å²) >= 11 is 0. The van der Waals surface area contributed by atoms with Gasteiger partial charge in [-0.1, -0.05) is 30.3 Å². The summed E-state index contributed by atoms with van der Waals surface area (Å²) in [5, 5.41) is 2.75. The predicted molar refractivity (Wildman–Crippen MR) is 97.2 cm³/mol. The van der Waals surface area contributed by atoms with Crippen LogP contribution in [0.5, 0.6) is 0 Å². The molecule has 0 fully saturated rings. The number of para-hydroxylation sites is 1. The van der Waals surface area contributed by atoms with E-state index in [2.05, 4.69) is 5.32 Å². The molecule has 0 aliphatic carbocycles. The minimum atomic E-state index is -3.21. The SMILES string of the molecule is C[S@@](=O)Cc1cccc(C(=O)Nc2ccccc2CS(C)(=O)=O)c1. The van der Waals surface area contributed by atoms with E-state index in [0.717, 1.165) is 11.8 Å². The van der Waals surface area contributed by atoms with E-state index < -0.39 is 20.6 Å². The lowest BCUT2D eigenvalue weighted by Gasteiger charge is -2.11. The van der Waals surface area contributed by atoms with Gasteiger partial charge in [0.15, 0.2) is 9.84 Å². The van der Waals surface area contributed by atoms with Crippen molar-refractivity contribution in [2.24, 2.45) is 0 Å². The second-order valence-electron chi connectivity index (χ2n) is 5.60. The second kappa shape index (κ2) is 7.72. The van der Waals surface area contributed by atoms with Gasteiger partial charge in [-0.15, -0.1) is 0 Å². The van der Waals surface area contributed by atoms with Gasteiger partial charge in [-0.2, -0.15) is 0 Å². The van der Waals surface area contributed by atoms with Crippen LogP contribution in [0.3, 0.4) is 0 Å². The first-order chi connectivity index (χ1) is 11.2. The van der Waals surface area contributed by atoms with E-state index in [9.17, 15) is 17.4 Å². The molecular formula is C17H19NO4S2. The van der Waals surface area contributed by atoms with Crippen LogP contribution in [0.4, 0.5) is 5.69 Å². The molecular weight excluding hydrogens is 346 g/mol. The number of amides is 1. The maximum Gasteiger partial charge on any atom is 0.255 e. The molecule has 1 amide bonds. The van der Waals surface area contributed by atoms with E-state index in [1.807, 2.05) is 6.07 Å². The van der Waals surface area contributed by atoms with Gasteiger partial charge in [-0.3, -0.25) is 9.00 Å². The number of sulfone groups is 1. The zero-order valence-corrected chi connectivity index (χ0v) is 15.1. The maximum absolute atomic E-state index is 12.4. The largest absolute Gasteiger partial charge is 0.322 e. The Kier molecular flexibility index (Phi) is 5.90. The van der Waals surface area contributed by atoms with Crippen LogP contribution in [-0.2, 0) is 32.1 Å². The minimum Gasteiger partial charge on any atom is -0.322 e. The van der Waals surface area contributed by atoms with Crippen molar-refractivity contribution in [2.75, 3.05) is 17.8 Å². The Morgan fingerprint density at radius 2 is 1.83 bits per heavy atom. The fourth-order valence-corrected chi connectivity index (χ4v) is 3.75. The lowest BCUT2D eigenvalue weighted by Crippen LogP contribution is -2.14. The molecule has 1 atom stereocenters. The highest BCUT2D eigenvalue weighted by atomic mass is 32.2. The summed E-state index contributed by atoms with van der Waals surface area (Å²) in [6.07, 6.45) is 2.76. The average molecular weight is 365 g/mol. The molecule has 128 valence electrons. The Hall–Kier alpha value is -1.99. The van der Waals surface area contributed by atoms with Gasteiger partial charge in [0.2, 0.25) is 0 Å². The van der Waals surface area contributed by atoms with Gasteiger partial charge in [-0.25, -0.2) is 8.42 Å². The zero-order chi connectivity index (χ0) is 17.7. The highest BCUT2D eigenvalue weighted by molar-refractivity contribution is 7.89. The number of carbonyl (C=O) groups excluding carboxylic acids is 1. The molecule has 5 nitrogen and oxygen atoms in total. The van der Waals surface area contributed by atoms with Gasteiger partial charge in [0.05, 0.1) is 5.75 Å². The van der Waals surface area contributed by atoms with E-state index in [1.54, 1.807) is 48.7 Å². The Bertz CT molecular complexity index is 876. The van der Waals surface area contributed by atoms with Crippen molar-refractivity contribution in [3.05, 3.63) is 65.2 Å². The molecule has 0 aromatic heterocycles. The van der Waals surface area contributed by atoms with Crippen LogP contribution >= 0.6 is 0 Å². The van der Waals surface area contributed by atoms with E-state index in [4.69, 9.17) is 0 Å². The van der Waals surface area contributed by atoms with Crippen molar-refractivity contribution < 1.29 is 17.4 Å². The van der Waals surface area contributed by atoms with Gasteiger partial charge < -0.3 is 5.32 Å². The highest BCUT2D eigenvalue weighted by Gasteiger charge is 2.13. The molecule has 0 heterocycles. The molecule has 0 spiro atoms. The van der Waals surface area contributed by atoms with Gasteiger partial charge >= 0.3 is 0 Å². The van der Waals surface area contributed by atoms with E-state index in [0.29, 0.717) is 22.6 Å². The summed E-state index contributed by atoms with van der Waals surface area (Å²) in [6, 6.07) is 13.7. The monoisotopic (exact) mass is 365 g/mol. The number of rotatable bonds is 6. The fraction of sp³-hybridized carbons (Fsp3) is 0.235. The van der Waals surface area contributed by atoms with Crippen LogP contribution in [0.1, 0.15) is 21.5 Å². The zero-order valence-electron chi connectivity index (χ0n) is 13.5. The normalized spacial score (nSPS) is 12.6. The van der Waals surface area contributed by atoms with E-state index in [1.165, 1.54) is 0 Å². The molecule has 2 aromatic carbocycles. The molecule has 24 heavy (non-hydrogen) atoms. The smallest absolute Gasteiger partial charge is 0.255 e. The Morgan fingerprint density at radius 3 is 2.50 bits per heavy atom. The summed E-state index contributed by atoms with van der Waals surface area (Å²) in [7, 11) is -4.19. The summed E-state index contributed by atoms with van der Waals surface area (Å²) < 4.78 is 34.3. The highest BCUT2D eigenvalue weighted by Crippen LogP contribution is 2.19. The first-order valence-electron chi connectivity index (χ1n) is 7.20. The van der Waals surface area contributed by atoms with Crippen molar-refractivity contribution >= 4 is 32.2 Å². The number of hydrogen-bond donors (Lipinski definition) is 1. The van der Waals surface area contributed by atoms with Gasteiger partial charge in [0.1, 0.15) is 0 Å². The number of benzene rings is 2. The maximum atomic E-state index is 12.4. The lowest BCUT2D eigenvalue weighted by atomic mass is 10.1. The molecule has 0 saturated carbocycles. The Labute approximate surface area is 144 Å². The molecule has 0 saturated heterocycles. The molecule has 2 aromatic rings. The van der Waals surface area contributed by atoms with Crippen molar-refractivity contribution in [1.82, 2.24) is 0 Å². The first kappa shape index (κ1) is 18.4. The predicted octanol–water partition coefficient (Wildman–Crippen LogP) is 2.36. The number of nitrogens with one attached hydrogen (secondary N) is 1. The summed E-state index contributed by atoms with van der Waals surface area (Å²) in [6.45, 7) is 0. The van der Waals surface area contributed by atoms with Crippen LogP contribution in [0.15, 0.2) is 48.5 Å². The van der Waals surface area contributed by atoms with Crippen LogP contribution in [0, 0.1) is 0 Å². The first-order valence-corrected chi connectivity index (χ1v) is 11.0. The standard InChI is InChI=1S/C17H19NO4S2/c1-23(20)11-13-6-5-8-14(10-13)17(19)18-16-9-4-3-7-15(16)12-24(2,21)22/h3-10H,11-12H2,1-2H3,(H,18,19)/t23-/m1/s1. The van der Waals surface area contributed by atoms with Crippen LogP contribution in [0.2, 0.25) is 0 Å². The molecule has 2 rings (SSSR count). The number of hydrogen-bond acceptors (Lipinski definition) is 4. The molecule has 0 aliphatic rings. The third-order valence-corrected chi connectivity index (χ3v) is 4.82. The fourth-order valence-electron chi connectivity index (χ4n) is 2.28. The molecule has 1 N–H and O–H groups in total. The van der Waals surface area contributed by atoms with E-state index in [-0.39, 0.29) is 11.7 Å². The second-order valence-corrected chi connectivity index (χ2v) is 9.17. The molecule has 0 aliphatic heterocycles. The van der Waals surface area contributed by atoms with Crippen molar-refractivity contribution in [3.63, 3.8) is 0 Å². The van der Waals surface area contributed by atoms with Crippen LogP contribution < -0.4 is 5.32 Å². The Morgan fingerprint density at radius 1 is 1.12 bits per heavy atom. The van der Waals surface area contributed by atoms with Gasteiger partial charge in [0, 0.05) is 40.3 Å². The number of carbonyl (C=O) groups is 1. The molecule has 0 bridgehead atoms. The third kappa shape index (κ3) is 5.58. The summed E-state index contributed by atoms with van der Waals surface area (Å²) in [4.78, 5) is 12.4. The van der Waals surface area contributed by atoms with Gasteiger partial charge in [0.25, 0.3) is 5.91 Å². The topological polar surface area (TPSA) is 80.3 Å². The van der Waals surface area contributed by atoms with Crippen LogP contribution in [0.25, 0.3) is 0 Å². The lowest BCUT2D eigenvalue weighted by molar-refractivity contribution is 0.102. The van der Waals surface area contributed by atoms with Crippen molar-refractivity contribution in [1.29, 1.82) is 0 Å². The third-order valence-electron chi connectivity index (χ3n) is 3.24. The van der Waals surface area contributed by atoms with E-state index >= 15 is 0 Å². The van der Waals surface area contributed by atoms with Crippen molar-refractivity contribution in [3.8, 4) is 0 Å². The molecule has 0 unspecified atom stereocenters.